The van der Waals surface area contributed by atoms with Crippen LogP contribution < -0.4 is 4.74 Å². The molecule has 1 aromatic carbocycles. The van der Waals surface area contributed by atoms with Crippen molar-refractivity contribution in [3.63, 3.8) is 0 Å². The molecule has 1 nitrogen and oxygen atoms in total. The molecule has 0 N–H and O–H groups in total. The van der Waals surface area contributed by atoms with Crippen LogP contribution in [0, 0.1) is 6.92 Å². The van der Waals surface area contributed by atoms with Gasteiger partial charge in [0, 0.05) is 9.58 Å². The highest BCUT2D eigenvalue weighted by Gasteiger charge is 1.99. The second-order valence-corrected chi connectivity index (χ2v) is 4.28. The van der Waals surface area contributed by atoms with Gasteiger partial charge in [-0.05, 0) is 43.5 Å². The highest BCUT2D eigenvalue weighted by atomic mass is 32.1. The molecule has 0 aliphatic rings. The Bertz CT molecular complexity index is 417. The third-order valence-electron chi connectivity index (χ3n) is 1.93. The van der Waals surface area contributed by atoms with Crippen molar-refractivity contribution in [3.05, 3.63) is 29.1 Å². The maximum Gasteiger partial charge on any atom is 0.120 e. The molecule has 0 radical (unpaired) electrons. The highest BCUT2D eigenvalue weighted by Crippen LogP contribution is 2.28. The Morgan fingerprint density at radius 2 is 2.15 bits per heavy atom. The normalized spacial score (nSPS) is 10.6. The van der Waals surface area contributed by atoms with Crippen LogP contribution in [-0.2, 0) is 0 Å². The molecule has 0 aliphatic heterocycles. The summed E-state index contributed by atoms with van der Waals surface area (Å²) in [7, 11) is 0. The van der Waals surface area contributed by atoms with E-state index in [9.17, 15) is 0 Å². The van der Waals surface area contributed by atoms with Crippen molar-refractivity contribution in [1.82, 2.24) is 0 Å². The zero-order chi connectivity index (χ0) is 9.26. The number of rotatable bonds is 2. The molecule has 0 unspecified atom stereocenters. The second-order valence-electron chi connectivity index (χ2n) is 2.99. The van der Waals surface area contributed by atoms with Crippen LogP contribution in [0.1, 0.15) is 11.8 Å². The van der Waals surface area contributed by atoms with E-state index in [0.29, 0.717) is 0 Å². The van der Waals surface area contributed by atoms with Gasteiger partial charge in [0.05, 0.1) is 6.61 Å². The van der Waals surface area contributed by atoms with Gasteiger partial charge in [0.15, 0.2) is 0 Å². The molecule has 0 saturated carbocycles. The summed E-state index contributed by atoms with van der Waals surface area (Å²) in [4.78, 5) is 1.35. The lowest BCUT2D eigenvalue weighted by Gasteiger charge is -2.01. The number of thiophene rings is 1. The van der Waals surface area contributed by atoms with Crippen molar-refractivity contribution in [2.24, 2.45) is 0 Å². The van der Waals surface area contributed by atoms with Crippen LogP contribution in [0.5, 0.6) is 5.75 Å². The Morgan fingerprint density at radius 1 is 1.31 bits per heavy atom. The third kappa shape index (κ3) is 1.68. The van der Waals surface area contributed by atoms with Crippen molar-refractivity contribution in [2.45, 2.75) is 13.8 Å². The number of benzene rings is 1. The number of aryl methyl sites for hydroxylation is 1. The summed E-state index contributed by atoms with van der Waals surface area (Å²) in [6.07, 6.45) is 0. The second kappa shape index (κ2) is 3.38. The molecule has 2 heteroatoms. The molecule has 1 heterocycles. The van der Waals surface area contributed by atoms with E-state index in [1.54, 1.807) is 0 Å². The van der Waals surface area contributed by atoms with Crippen molar-refractivity contribution in [2.75, 3.05) is 6.61 Å². The van der Waals surface area contributed by atoms with Gasteiger partial charge in [-0.2, -0.15) is 0 Å². The van der Waals surface area contributed by atoms with E-state index in [0.717, 1.165) is 12.4 Å². The van der Waals surface area contributed by atoms with Gasteiger partial charge in [0.2, 0.25) is 0 Å². The minimum Gasteiger partial charge on any atom is -0.494 e. The van der Waals surface area contributed by atoms with E-state index >= 15 is 0 Å². The molecule has 0 spiro atoms. The molecule has 0 atom stereocenters. The van der Waals surface area contributed by atoms with Crippen molar-refractivity contribution in [1.29, 1.82) is 0 Å². The summed E-state index contributed by atoms with van der Waals surface area (Å²) in [6.45, 7) is 4.87. The minimum atomic E-state index is 0.732. The van der Waals surface area contributed by atoms with E-state index in [1.165, 1.54) is 15.0 Å². The van der Waals surface area contributed by atoms with Crippen LogP contribution in [0.4, 0.5) is 0 Å². The van der Waals surface area contributed by atoms with E-state index in [1.807, 2.05) is 24.3 Å². The van der Waals surface area contributed by atoms with Gasteiger partial charge in [-0.15, -0.1) is 11.3 Å². The van der Waals surface area contributed by atoms with Gasteiger partial charge in [0.1, 0.15) is 5.75 Å². The lowest BCUT2D eigenvalue weighted by atomic mass is 10.2. The average Bonchev–Trinajstić information content (AvgIpc) is 2.44. The van der Waals surface area contributed by atoms with E-state index in [-0.39, 0.29) is 0 Å². The topological polar surface area (TPSA) is 9.23 Å². The fourth-order valence-electron chi connectivity index (χ4n) is 1.40. The predicted octanol–water partition coefficient (Wildman–Crippen LogP) is 3.61. The summed E-state index contributed by atoms with van der Waals surface area (Å²) in [6, 6.07) is 8.45. The smallest absolute Gasteiger partial charge is 0.120 e. The van der Waals surface area contributed by atoms with E-state index in [2.05, 4.69) is 25.1 Å². The van der Waals surface area contributed by atoms with Gasteiger partial charge >= 0.3 is 0 Å². The molecule has 0 aliphatic carbocycles. The lowest BCUT2D eigenvalue weighted by molar-refractivity contribution is 0.341. The fourth-order valence-corrected chi connectivity index (χ4v) is 2.35. The molecule has 0 fully saturated rings. The number of hydrogen-bond donors (Lipinski definition) is 0. The molecular weight excluding hydrogens is 180 g/mol. The summed E-state index contributed by atoms with van der Waals surface area (Å²) < 4.78 is 6.74. The average molecular weight is 192 g/mol. The van der Waals surface area contributed by atoms with E-state index < -0.39 is 0 Å². The maximum atomic E-state index is 5.43. The molecule has 2 aromatic rings. The predicted molar refractivity (Wildman–Crippen MR) is 57.7 cm³/mol. The summed E-state index contributed by atoms with van der Waals surface area (Å²) in [5, 5.41) is 1.31. The van der Waals surface area contributed by atoms with Crippen LogP contribution in [0.3, 0.4) is 0 Å². The van der Waals surface area contributed by atoms with Gasteiger partial charge in [-0.3, -0.25) is 0 Å². The first-order valence-electron chi connectivity index (χ1n) is 4.42. The van der Waals surface area contributed by atoms with Crippen LogP contribution in [0.2, 0.25) is 0 Å². The lowest BCUT2D eigenvalue weighted by Crippen LogP contribution is -1.89. The van der Waals surface area contributed by atoms with Crippen molar-refractivity contribution < 1.29 is 4.74 Å². The van der Waals surface area contributed by atoms with Crippen molar-refractivity contribution in [3.8, 4) is 5.75 Å². The fraction of sp³-hybridized carbons (Fsp3) is 0.273. The molecule has 0 saturated heterocycles. The minimum absolute atomic E-state index is 0.732. The first kappa shape index (κ1) is 8.57. The summed E-state index contributed by atoms with van der Waals surface area (Å²) in [5.74, 6) is 0.969. The molecule has 1 aromatic heterocycles. The Labute approximate surface area is 82.0 Å². The van der Waals surface area contributed by atoms with Crippen LogP contribution >= 0.6 is 11.3 Å². The zero-order valence-corrected chi connectivity index (χ0v) is 8.65. The summed E-state index contributed by atoms with van der Waals surface area (Å²) >= 11 is 1.81. The van der Waals surface area contributed by atoms with Crippen LogP contribution in [0.15, 0.2) is 24.3 Å². The first-order valence-corrected chi connectivity index (χ1v) is 5.24. The Balaban J connectivity index is 2.48. The summed E-state index contributed by atoms with van der Waals surface area (Å²) in [5.41, 5.74) is 0. The molecule has 13 heavy (non-hydrogen) atoms. The third-order valence-corrected chi connectivity index (χ3v) is 2.94. The van der Waals surface area contributed by atoms with Gasteiger partial charge in [0.25, 0.3) is 0 Å². The van der Waals surface area contributed by atoms with Gasteiger partial charge in [-0.25, -0.2) is 0 Å². The number of fused-ring (bicyclic) bond motifs is 1. The quantitative estimate of drug-likeness (QED) is 0.706. The van der Waals surface area contributed by atoms with Crippen LogP contribution in [0.25, 0.3) is 10.1 Å². The first-order chi connectivity index (χ1) is 6.29. The zero-order valence-electron chi connectivity index (χ0n) is 7.83. The maximum absolute atomic E-state index is 5.43. The van der Waals surface area contributed by atoms with Crippen molar-refractivity contribution >= 4 is 21.4 Å². The Kier molecular flexibility index (Phi) is 2.23. The molecular formula is C11H12OS. The Morgan fingerprint density at radius 3 is 2.92 bits per heavy atom. The standard InChI is InChI=1S/C11H12OS/c1-3-12-10-5-4-9-6-8(2)13-11(9)7-10/h4-7H,3H2,1-2H3. The van der Waals surface area contributed by atoms with Gasteiger partial charge < -0.3 is 4.74 Å². The molecule has 68 valence electrons. The molecule has 0 amide bonds. The van der Waals surface area contributed by atoms with Crippen LogP contribution in [-0.4, -0.2) is 6.61 Å². The SMILES string of the molecule is CCOc1ccc2cc(C)sc2c1. The monoisotopic (exact) mass is 192 g/mol. The largest absolute Gasteiger partial charge is 0.494 e. The highest BCUT2D eigenvalue weighted by molar-refractivity contribution is 7.19. The molecule has 2 rings (SSSR count). The van der Waals surface area contributed by atoms with Gasteiger partial charge in [-0.1, -0.05) is 0 Å². The number of hydrogen-bond acceptors (Lipinski definition) is 2. The van der Waals surface area contributed by atoms with E-state index in [4.69, 9.17) is 4.74 Å². The Hall–Kier alpha value is -1.02. The number of ether oxygens (including phenoxy) is 1. The molecule has 0 bridgehead atoms.